The van der Waals surface area contributed by atoms with E-state index in [1.165, 1.54) is 32.1 Å². The van der Waals surface area contributed by atoms with Crippen LogP contribution in [0, 0.1) is 62.6 Å². The van der Waals surface area contributed by atoms with E-state index in [0.29, 0.717) is 35.5 Å². The molecule has 0 aromatic rings. The summed E-state index contributed by atoms with van der Waals surface area (Å²) in [5.41, 5.74) is 0.652. The lowest BCUT2D eigenvalue weighted by Gasteiger charge is -2.60. The fourth-order valence-corrected chi connectivity index (χ4v) is 9.19. The average Bonchev–Trinajstić information content (AvgIpc) is 2.73. The molecule has 0 aromatic heterocycles. The van der Waals surface area contributed by atoms with E-state index in [-0.39, 0.29) is 39.3 Å². The van der Waals surface area contributed by atoms with Crippen LogP contribution in [0.2, 0.25) is 0 Å². The maximum atomic E-state index is 11.8. The van der Waals surface area contributed by atoms with E-state index >= 15 is 0 Å². The summed E-state index contributed by atoms with van der Waals surface area (Å²) in [7, 11) is 0. The maximum absolute atomic E-state index is 11.8. The van der Waals surface area contributed by atoms with Gasteiger partial charge in [0.1, 0.15) is 0 Å². The van der Waals surface area contributed by atoms with Crippen LogP contribution in [0.4, 0.5) is 0 Å². The highest BCUT2D eigenvalue weighted by molar-refractivity contribution is 5.06. The minimum atomic E-state index is -0.227. The highest BCUT2D eigenvalue weighted by Crippen LogP contribution is 2.62. The minimum absolute atomic E-state index is 0.0922. The van der Waals surface area contributed by atoms with E-state index in [2.05, 4.69) is 96.9 Å². The Morgan fingerprint density at radius 3 is 0.974 bits per heavy atom. The van der Waals surface area contributed by atoms with Crippen molar-refractivity contribution in [3.63, 3.8) is 0 Å². The van der Waals surface area contributed by atoms with E-state index < -0.39 is 0 Å². The molecule has 0 aliphatic heterocycles. The second kappa shape index (κ2) is 12.0. The van der Waals surface area contributed by atoms with Gasteiger partial charge in [-0.3, -0.25) is 0 Å². The summed E-state index contributed by atoms with van der Waals surface area (Å²) in [6.45, 7) is 33.1. The maximum Gasteiger partial charge on any atom is 0.0606 e. The average molecular weight is 535 g/mol. The molecule has 2 fully saturated rings. The number of aliphatic hydroxyl groups is 2. The van der Waals surface area contributed by atoms with Crippen molar-refractivity contribution in [3.8, 4) is 0 Å². The summed E-state index contributed by atoms with van der Waals surface area (Å²) in [5, 5.41) is 23.6. The van der Waals surface area contributed by atoms with Gasteiger partial charge in [-0.1, -0.05) is 116 Å². The molecule has 2 saturated carbocycles. The molecule has 0 bridgehead atoms. The van der Waals surface area contributed by atoms with E-state index in [4.69, 9.17) is 0 Å². The first-order valence-corrected chi connectivity index (χ1v) is 16.5. The first-order chi connectivity index (χ1) is 17.1. The topological polar surface area (TPSA) is 40.5 Å². The molecule has 2 aliphatic carbocycles. The largest absolute Gasteiger partial charge is 0.393 e. The van der Waals surface area contributed by atoms with Crippen molar-refractivity contribution < 1.29 is 10.2 Å². The lowest BCUT2D eigenvalue weighted by Crippen LogP contribution is -2.55. The van der Waals surface area contributed by atoms with Gasteiger partial charge in [-0.25, -0.2) is 0 Å². The van der Waals surface area contributed by atoms with Gasteiger partial charge in [0.15, 0.2) is 0 Å². The quantitative estimate of drug-likeness (QED) is 0.341. The van der Waals surface area contributed by atoms with Gasteiger partial charge in [-0.15, -0.1) is 0 Å². The number of hydrogen-bond acceptors (Lipinski definition) is 2. The molecular formula is C36H70O2. The SMILES string of the molecule is CCCCC(CCC)(C1CC(C(C)(C)C)C(O)C(C(C)(C)C)C1)C1CC(C(C)(C)C)C(O)C(C(C)(C)C)C1. The van der Waals surface area contributed by atoms with Crippen LogP contribution in [0.3, 0.4) is 0 Å². The summed E-state index contributed by atoms with van der Waals surface area (Å²) in [6.07, 6.45) is 10.5. The lowest BCUT2D eigenvalue weighted by molar-refractivity contribution is -0.150. The minimum Gasteiger partial charge on any atom is -0.393 e. The van der Waals surface area contributed by atoms with Gasteiger partial charge >= 0.3 is 0 Å². The second-order valence-corrected chi connectivity index (χ2v) is 18.3. The number of hydrogen-bond donors (Lipinski definition) is 2. The summed E-state index contributed by atoms with van der Waals surface area (Å²) < 4.78 is 0. The third-order valence-corrected chi connectivity index (χ3v) is 11.6. The molecule has 4 atom stereocenters. The van der Waals surface area contributed by atoms with Crippen LogP contribution in [0.25, 0.3) is 0 Å². The summed E-state index contributed by atoms with van der Waals surface area (Å²) in [4.78, 5) is 0. The van der Waals surface area contributed by atoms with Crippen LogP contribution in [0.15, 0.2) is 0 Å². The molecule has 0 saturated heterocycles. The van der Waals surface area contributed by atoms with E-state index in [1.807, 2.05) is 0 Å². The predicted molar refractivity (Wildman–Crippen MR) is 166 cm³/mol. The van der Waals surface area contributed by atoms with Crippen molar-refractivity contribution in [3.05, 3.63) is 0 Å². The molecule has 0 radical (unpaired) electrons. The fourth-order valence-electron chi connectivity index (χ4n) is 9.19. The Balaban J connectivity index is 2.71. The molecule has 2 nitrogen and oxygen atoms in total. The number of aliphatic hydroxyl groups excluding tert-OH is 2. The lowest BCUT2D eigenvalue weighted by atomic mass is 9.46. The van der Waals surface area contributed by atoms with Crippen molar-refractivity contribution in [1.29, 1.82) is 0 Å². The van der Waals surface area contributed by atoms with Gasteiger partial charge in [-0.05, 0) is 101 Å². The standard InChI is InChI=1S/C36H70O2/c1-15-17-19-36(18-16-2,24-20-26(32(3,4)5)30(37)27(21-24)33(6,7)8)25-22-28(34(9,10)11)31(38)29(23-25)35(12,13)14/h24-31,37-38H,15-23H2,1-14H3. The van der Waals surface area contributed by atoms with Gasteiger partial charge in [0, 0.05) is 0 Å². The predicted octanol–water partition coefficient (Wildman–Crippen LogP) is 10.2. The molecule has 2 rings (SSSR count). The fraction of sp³-hybridized carbons (Fsp3) is 1.00. The molecule has 0 spiro atoms. The molecule has 38 heavy (non-hydrogen) atoms. The Bertz CT molecular complexity index is 622. The Labute approximate surface area is 239 Å². The molecule has 0 aromatic carbocycles. The Hall–Kier alpha value is -0.0800. The molecule has 2 N–H and O–H groups in total. The van der Waals surface area contributed by atoms with Crippen molar-refractivity contribution >= 4 is 0 Å². The molecule has 4 unspecified atom stereocenters. The van der Waals surface area contributed by atoms with Crippen LogP contribution in [0.5, 0.6) is 0 Å². The van der Waals surface area contributed by atoms with Gasteiger partial charge in [0.2, 0.25) is 0 Å². The van der Waals surface area contributed by atoms with Gasteiger partial charge in [-0.2, -0.15) is 0 Å². The normalized spacial score (nSPS) is 35.7. The van der Waals surface area contributed by atoms with E-state index in [0.717, 1.165) is 25.7 Å². The highest BCUT2D eigenvalue weighted by atomic mass is 16.3. The Morgan fingerprint density at radius 2 is 0.763 bits per heavy atom. The van der Waals surface area contributed by atoms with E-state index in [9.17, 15) is 10.2 Å². The first kappa shape index (κ1) is 34.1. The van der Waals surface area contributed by atoms with Crippen LogP contribution >= 0.6 is 0 Å². The smallest absolute Gasteiger partial charge is 0.0606 e. The monoisotopic (exact) mass is 535 g/mol. The van der Waals surface area contributed by atoms with Gasteiger partial charge in [0.05, 0.1) is 12.2 Å². The van der Waals surface area contributed by atoms with Gasteiger partial charge < -0.3 is 10.2 Å². The second-order valence-electron chi connectivity index (χ2n) is 18.3. The molecule has 2 aliphatic rings. The molecule has 226 valence electrons. The van der Waals surface area contributed by atoms with Crippen molar-refractivity contribution in [2.24, 2.45) is 62.6 Å². The Morgan fingerprint density at radius 1 is 0.474 bits per heavy atom. The van der Waals surface area contributed by atoms with Crippen LogP contribution in [-0.2, 0) is 0 Å². The third kappa shape index (κ3) is 7.40. The summed E-state index contributed by atoms with van der Waals surface area (Å²) in [5.74, 6) is 2.58. The highest BCUT2D eigenvalue weighted by Gasteiger charge is 2.56. The van der Waals surface area contributed by atoms with E-state index in [1.54, 1.807) is 0 Å². The summed E-state index contributed by atoms with van der Waals surface area (Å²) in [6, 6.07) is 0. The zero-order valence-electron chi connectivity index (χ0n) is 28.4. The first-order valence-electron chi connectivity index (χ1n) is 16.5. The van der Waals surface area contributed by atoms with Crippen LogP contribution < -0.4 is 0 Å². The van der Waals surface area contributed by atoms with Crippen molar-refractivity contribution in [2.45, 2.75) is 167 Å². The summed E-state index contributed by atoms with van der Waals surface area (Å²) >= 11 is 0. The van der Waals surface area contributed by atoms with Gasteiger partial charge in [0.25, 0.3) is 0 Å². The zero-order valence-corrected chi connectivity index (χ0v) is 28.4. The van der Waals surface area contributed by atoms with Crippen molar-refractivity contribution in [1.82, 2.24) is 0 Å². The molecule has 0 heterocycles. The molecular weight excluding hydrogens is 464 g/mol. The number of unbranched alkanes of at least 4 members (excludes halogenated alkanes) is 1. The Kier molecular flexibility index (Phi) is 10.8. The van der Waals surface area contributed by atoms with Crippen LogP contribution in [0.1, 0.15) is 155 Å². The third-order valence-electron chi connectivity index (χ3n) is 11.6. The molecule has 2 heteroatoms. The van der Waals surface area contributed by atoms with Crippen molar-refractivity contribution in [2.75, 3.05) is 0 Å². The number of rotatable bonds is 7. The van der Waals surface area contributed by atoms with Crippen LogP contribution in [-0.4, -0.2) is 22.4 Å². The molecule has 0 amide bonds. The zero-order chi connectivity index (χ0) is 29.5.